The topological polar surface area (TPSA) is 75.9 Å². The second-order valence-electron chi connectivity index (χ2n) is 8.14. The lowest BCUT2D eigenvalue weighted by molar-refractivity contribution is 0.0600. The highest BCUT2D eigenvalue weighted by Crippen LogP contribution is 2.21. The molecule has 7 nitrogen and oxygen atoms in total. The van der Waals surface area contributed by atoms with Gasteiger partial charge in [0, 0.05) is 47.0 Å². The van der Waals surface area contributed by atoms with Crippen LogP contribution in [0, 0.1) is 13.8 Å². The summed E-state index contributed by atoms with van der Waals surface area (Å²) >= 11 is 0. The normalized spacial score (nSPS) is 13.5. The highest BCUT2D eigenvalue weighted by molar-refractivity contribution is 5.95. The standard InChI is InChI=1S/C26H28N4O3/c1-18-16-22(19(2)30(18)24-12-8-21(9-13-24)26(32)33-3)17-27-28-25(31)20-6-10-23(11-7-20)29-14-4-5-15-29/h6-13,16-17H,4-5,14-15H2,1-3H3,(H,28,31)/b27-17-. The molecule has 0 radical (unpaired) electrons. The van der Waals surface area contributed by atoms with Crippen molar-refractivity contribution in [2.45, 2.75) is 26.7 Å². The Kier molecular flexibility index (Phi) is 6.58. The number of carbonyl (C=O) groups is 2. The van der Waals surface area contributed by atoms with E-state index in [1.165, 1.54) is 20.0 Å². The molecule has 170 valence electrons. The quantitative estimate of drug-likeness (QED) is 0.350. The lowest BCUT2D eigenvalue weighted by Gasteiger charge is -2.17. The Morgan fingerprint density at radius 1 is 0.939 bits per heavy atom. The number of hydrogen-bond acceptors (Lipinski definition) is 5. The number of hydrazone groups is 1. The zero-order chi connectivity index (χ0) is 23.4. The van der Waals surface area contributed by atoms with Crippen molar-refractivity contribution < 1.29 is 14.3 Å². The SMILES string of the molecule is COC(=O)c1ccc(-n2c(C)cc(/C=N\NC(=O)c3ccc(N4CCCC4)cc3)c2C)cc1. The minimum absolute atomic E-state index is 0.244. The average molecular weight is 445 g/mol. The van der Waals surface area contributed by atoms with Gasteiger partial charge in [0.15, 0.2) is 0 Å². The molecule has 0 atom stereocenters. The van der Waals surface area contributed by atoms with Crippen LogP contribution < -0.4 is 10.3 Å². The number of methoxy groups -OCH3 is 1. The van der Waals surface area contributed by atoms with Gasteiger partial charge in [-0.3, -0.25) is 4.79 Å². The summed E-state index contributed by atoms with van der Waals surface area (Å²) in [5, 5.41) is 4.17. The molecule has 1 aromatic heterocycles. The predicted octanol–water partition coefficient (Wildman–Crippen LogP) is 4.24. The van der Waals surface area contributed by atoms with Gasteiger partial charge in [-0.25, -0.2) is 10.2 Å². The van der Waals surface area contributed by atoms with E-state index in [1.807, 2.05) is 56.3 Å². The van der Waals surface area contributed by atoms with E-state index in [2.05, 4.69) is 20.0 Å². The summed E-state index contributed by atoms with van der Waals surface area (Å²) in [5.74, 6) is -0.608. The van der Waals surface area contributed by atoms with Crippen LogP contribution in [0.4, 0.5) is 5.69 Å². The maximum Gasteiger partial charge on any atom is 0.337 e. The van der Waals surface area contributed by atoms with Gasteiger partial charge in [0.25, 0.3) is 5.91 Å². The van der Waals surface area contributed by atoms with Crippen molar-refractivity contribution in [3.63, 3.8) is 0 Å². The summed E-state index contributed by atoms with van der Waals surface area (Å²) in [7, 11) is 1.37. The number of anilines is 1. The summed E-state index contributed by atoms with van der Waals surface area (Å²) in [6, 6.07) is 16.9. The van der Waals surface area contributed by atoms with Crippen LogP contribution in [0.3, 0.4) is 0 Å². The summed E-state index contributed by atoms with van der Waals surface area (Å²) < 4.78 is 6.83. The molecule has 33 heavy (non-hydrogen) atoms. The number of benzene rings is 2. The molecule has 0 unspecified atom stereocenters. The van der Waals surface area contributed by atoms with Gasteiger partial charge in [-0.1, -0.05) is 0 Å². The van der Waals surface area contributed by atoms with E-state index in [0.29, 0.717) is 11.1 Å². The van der Waals surface area contributed by atoms with Gasteiger partial charge >= 0.3 is 5.97 Å². The fourth-order valence-electron chi connectivity index (χ4n) is 4.20. The van der Waals surface area contributed by atoms with E-state index in [1.54, 1.807) is 18.3 Å². The number of aryl methyl sites for hydroxylation is 1. The third-order valence-corrected chi connectivity index (χ3v) is 5.99. The van der Waals surface area contributed by atoms with Gasteiger partial charge < -0.3 is 14.2 Å². The van der Waals surface area contributed by atoms with E-state index in [9.17, 15) is 9.59 Å². The van der Waals surface area contributed by atoms with Crippen LogP contribution in [0.5, 0.6) is 0 Å². The molecule has 3 aromatic rings. The molecule has 1 aliphatic heterocycles. The van der Waals surface area contributed by atoms with Crippen molar-refractivity contribution in [2.24, 2.45) is 5.10 Å². The summed E-state index contributed by atoms with van der Waals surface area (Å²) in [5.41, 5.74) is 8.67. The van der Waals surface area contributed by atoms with E-state index < -0.39 is 0 Å². The molecule has 1 aliphatic rings. The number of aromatic nitrogens is 1. The third-order valence-electron chi connectivity index (χ3n) is 5.99. The summed E-state index contributed by atoms with van der Waals surface area (Å²) in [6.45, 7) is 6.13. The van der Waals surface area contributed by atoms with Crippen LogP contribution in [0.1, 0.15) is 50.5 Å². The predicted molar refractivity (Wildman–Crippen MR) is 130 cm³/mol. The van der Waals surface area contributed by atoms with Gasteiger partial charge in [-0.15, -0.1) is 0 Å². The first kappa shape index (κ1) is 22.3. The number of esters is 1. The van der Waals surface area contributed by atoms with Crippen molar-refractivity contribution >= 4 is 23.8 Å². The first-order chi connectivity index (χ1) is 16.0. The fraction of sp³-hybridized carbons (Fsp3) is 0.269. The van der Waals surface area contributed by atoms with E-state index >= 15 is 0 Å². The highest BCUT2D eigenvalue weighted by Gasteiger charge is 2.14. The second kappa shape index (κ2) is 9.73. The van der Waals surface area contributed by atoms with Crippen LogP contribution in [-0.2, 0) is 4.74 Å². The Bertz CT molecular complexity index is 1170. The van der Waals surface area contributed by atoms with E-state index in [0.717, 1.165) is 41.4 Å². The first-order valence-corrected chi connectivity index (χ1v) is 11.0. The van der Waals surface area contributed by atoms with Crippen molar-refractivity contribution in [1.29, 1.82) is 0 Å². The van der Waals surface area contributed by atoms with Gasteiger partial charge in [-0.2, -0.15) is 5.10 Å². The maximum absolute atomic E-state index is 12.5. The largest absolute Gasteiger partial charge is 0.465 e. The Morgan fingerprint density at radius 3 is 2.18 bits per heavy atom. The van der Waals surface area contributed by atoms with Crippen LogP contribution in [0.2, 0.25) is 0 Å². The van der Waals surface area contributed by atoms with Crippen molar-refractivity contribution in [2.75, 3.05) is 25.1 Å². The van der Waals surface area contributed by atoms with Gasteiger partial charge in [0.1, 0.15) is 0 Å². The van der Waals surface area contributed by atoms with Crippen molar-refractivity contribution in [3.05, 3.63) is 82.7 Å². The van der Waals surface area contributed by atoms with Crippen LogP contribution in [0.15, 0.2) is 59.7 Å². The average Bonchev–Trinajstić information content (AvgIpc) is 3.47. The highest BCUT2D eigenvalue weighted by atomic mass is 16.5. The molecular weight excluding hydrogens is 416 g/mol. The Labute approximate surface area is 193 Å². The second-order valence-corrected chi connectivity index (χ2v) is 8.14. The number of carbonyl (C=O) groups excluding carboxylic acids is 2. The summed E-state index contributed by atoms with van der Waals surface area (Å²) in [6.07, 6.45) is 4.09. The molecule has 1 amide bonds. The lowest BCUT2D eigenvalue weighted by atomic mass is 10.2. The maximum atomic E-state index is 12.5. The third kappa shape index (κ3) is 4.82. The number of amides is 1. The zero-order valence-electron chi connectivity index (χ0n) is 19.2. The molecule has 1 N–H and O–H groups in total. The smallest absolute Gasteiger partial charge is 0.337 e. The molecule has 2 aromatic carbocycles. The van der Waals surface area contributed by atoms with E-state index in [-0.39, 0.29) is 11.9 Å². The minimum Gasteiger partial charge on any atom is -0.465 e. The number of rotatable bonds is 6. The molecule has 0 bridgehead atoms. The lowest BCUT2D eigenvalue weighted by Crippen LogP contribution is -2.19. The summed E-state index contributed by atoms with van der Waals surface area (Å²) in [4.78, 5) is 26.5. The van der Waals surface area contributed by atoms with E-state index in [4.69, 9.17) is 4.74 Å². The first-order valence-electron chi connectivity index (χ1n) is 11.0. The number of hydrogen-bond donors (Lipinski definition) is 1. The van der Waals surface area contributed by atoms with Gasteiger partial charge in [0.2, 0.25) is 0 Å². The fourth-order valence-corrected chi connectivity index (χ4v) is 4.20. The Morgan fingerprint density at radius 2 is 1.55 bits per heavy atom. The molecule has 1 saturated heterocycles. The number of nitrogens with zero attached hydrogens (tertiary/aromatic N) is 3. The van der Waals surface area contributed by atoms with Crippen LogP contribution in [0.25, 0.3) is 5.69 Å². The zero-order valence-corrected chi connectivity index (χ0v) is 19.2. The molecular formula is C26H28N4O3. The molecule has 0 spiro atoms. The number of ether oxygens (including phenoxy) is 1. The van der Waals surface area contributed by atoms with Gasteiger partial charge in [-0.05, 0) is 81.3 Å². The number of nitrogens with one attached hydrogen (secondary N) is 1. The molecule has 0 saturated carbocycles. The van der Waals surface area contributed by atoms with Crippen LogP contribution in [-0.4, -0.2) is 42.9 Å². The molecule has 4 rings (SSSR count). The molecule has 2 heterocycles. The Balaban J connectivity index is 1.43. The molecule has 7 heteroatoms. The van der Waals surface area contributed by atoms with Crippen molar-refractivity contribution in [3.8, 4) is 5.69 Å². The molecule has 0 aliphatic carbocycles. The monoisotopic (exact) mass is 444 g/mol. The van der Waals surface area contributed by atoms with Crippen LogP contribution >= 0.6 is 0 Å². The minimum atomic E-state index is -0.364. The Hall–Kier alpha value is -3.87. The van der Waals surface area contributed by atoms with Gasteiger partial charge in [0.05, 0.1) is 18.9 Å². The molecule has 1 fully saturated rings. The van der Waals surface area contributed by atoms with Crippen molar-refractivity contribution in [1.82, 2.24) is 9.99 Å².